The molecule has 1 aliphatic rings. The van der Waals surface area contributed by atoms with Gasteiger partial charge in [0.2, 0.25) is 5.91 Å². The van der Waals surface area contributed by atoms with Crippen molar-refractivity contribution >= 4 is 56.3 Å². The quantitative estimate of drug-likeness (QED) is 0.549. The van der Waals surface area contributed by atoms with E-state index in [1.165, 1.54) is 30.5 Å². The molecule has 2 aromatic heterocycles. The molecule has 13 heteroatoms. The Morgan fingerprint density at radius 3 is 2.69 bits per heavy atom. The minimum atomic E-state index is -3.94. The number of thiophene rings is 1. The Bertz CT molecular complexity index is 1290. The van der Waals surface area contributed by atoms with Crippen LogP contribution in [0.25, 0.3) is 10.4 Å². The average molecular weight is 518 g/mol. The molecule has 1 saturated heterocycles. The lowest BCUT2D eigenvalue weighted by Crippen LogP contribution is -2.55. The number of likely N-dealkylation sites (N-methyl/N-ethyl adjacent to an activating group) is 1. The van der Waals surface area contributed by atoms with Crippen LogP contribution in [0.3, 0.4) is 0 Å². The maximum atomic E-state index is 13.4. The zero-order valence-corrected chi connectivity index (χ0v) is 20.0. The number of aromatic nitrogens is 2. The van der Waals surface area contributed by atoms with Gasteiger partial charge >= 0.3 is 0 Å². The van der Waals surface area contributed by atoms with Gasteiger partial charge in [0, 0.05) is 36.4 Å². The van der Waals surface area contributed by atoms with Crippen LogP contribution in [0.2, 0.25) is 10.0 Å². The maximum absolute atomic E-state index is 13.4. The molecule has 0 radical (unpaired) electrons. The first-order chi connectivity index (χ1) is 15.0. The third-order valence-corrected chi connectivity index (χ3v) is 8.67. The summed E-state index contributed by atoms with van der Waals surface area (Å²) >= 11 is 13.5. The van der Waals surface area contributed by atoms with Crippen LogP contribution in [-0.2, 0) is 22.1 Å². The summed E-state index contributed by atoms with van der Waals surface area (Å²) in [6, 6.07) is 3.78. The second-order valence-corrected chi connectivity index (χ2v) is 10.9. The van der Waals surface area contributed by atoms with Crippen LogP contribution in [0.5, 0.6) is 0 Å². The molecule has 1 fully saturated rings. The molecular weight excluding hydrogens is 500 g/mol. The van der Waals surface area contributed by atoms with Crippen LogP contribution in [0.1, 0.15) is 17.3 Å². The molecule has 2 atom stereocenters. The second kappa shape index (κ2) is 8.73. The Kier molecular flexibility index (Phi) is 6.31. The highest BCUT2D eigenvalue weighted by molar-refractivity contribution is 7.87. The molecule has 8 nitrogen and oxygen atoms in total. The normalized spacial score (nSPS) is 20.9. The second-order valence-electron chi connectivity index (χ2n) is 7.29. The minimum Gasteiger partial charge on any atom is -0.325 e. The van der Waals surface area contributed by atoms with E-state index in [-0.39, 0.29) is 17.1 Å². The summed E-state index contributed by atoms with van der Waals surface area (Å²) in [5.41, 5.74) is 1.08. The Morgan fingerprint density at radius 2 is 2.03 bits per heavy atom. The molecule has 0 saturated carbocycles. The minimum absolute atomic E-state index is 0.150. The number of benzene rings is 1. The first kappa shape index (κ1) is 23.1. The number of rotatable bonds is 4. The molecule has 4 rings (SSSR count). The fraction of sp³-hybridized carbons (Fsp3) is 0.263. The predicted octanol–water partition coefficient (Wildman–Crippen LogP) is 3.81. The van der Waals surface area contributed by atoms with Crippen molar-refractivity contribution in [3.63, 3.8) is 0 Å². The number of amides is 1. The Balaban J connectivity index is 1.60. The van der Waals surface area contributed by atoms with E-state index in [0.717, 1.165) is 20.8 Å². The van der Waals surface area contributed by atoms with E-state index in [0.29, 0.717) is 9.90 Å². The zero-order valence-electron chi connectivity index (χ0n) is 16.8. The SMILES string of the molecule is CN1[C@@H](C(=O)Nc2ccc(F)c(Cl)c2)C[C@@H](c2cc(Cl)c(-c3cnn(C)c3)s2)NS1(=O)=O. The van der Waals surface area contributed by atoms with Gasteiger partial charge in [-0.1, -0.05) is 23.2 Å². The highest BCUT2D eigenvalue weighted by Crippen LogP contribution is 2.41. The van der Waals surface area contributed by atoms with Crippen molar-refractivity contribution in [2.45, 2.75) is 18.5 Å². The van der Waals surface area contributed by atoms with Crippen molar-refractivity contribution in [2.24, 2.45) is 7.05 Å². The lowest BCUT2D eigenvalue weighted by Gasteiger charge is -2.35. The van der Waals surface area contributed by atoms with E-state index >= 15 is 0 Å². The summed E-state index contributed by atoms with van der Waals surface area (Å²) in [7, 11) is -0.832. The molecule has 170 valence electrons. The van der Waals surface area contributed by atoms with Gasteiger partial charge in [-0.05, 0) is 30.7 Å². The number of halogens is 3. The zero-order chi connectivity index (χ0) is 23.2. The van der Waals surface area contributed by atoms with E-state index in [1.54, 1.807) is 24.0 Å². The molecule has 1 amide bonds. The summed E-state index contributed by atoms with van der Waals surface area (Å²) in [6.07, 6.45) is 3.65. The van der Waals surface area contributed by atoms with Crippen molar-refractivity contribution in [3.05, 3.63) is 57.4 Å². The van der Waals surface area contributed by atoms with Crippen LogP contribution < -0.4 is 10.0 Å². The molecule has 3 heterocycles. The van der Waals surface area contributed by atoms with Gasteiger partial charge in [-0.25, -0.2) is 4.39 Å². The van der Waals surface area contributed by atoms with Crippen molar-refractivity contribution in [1.29, 1.82) is 0 Å². The number of aryl methyl sites for hydroxylation is 1. The molecular formula is C19H18Cl2FN5O3S2. The third kappa shape index (κ3) is 4.54. The molecule has 0 spiro atoms. The lowest BCUT2D eigenvalue weighted by molar-refractivity contribution is -0.120. The predicted molar refractivity (Wildman–Crippen MR) is 123 cm³/mol. The summed E-state index contributed by atoms with van der Waals surface area (Å²) in [6.45, 7) is 0. The van der Waals surface area contributed by atoms with Gasteiger partial charge in [0.05, 0.1) is 27.2 Å². The number of carbonyl (C=O) groups is 1. The molecule has 3 aromatic rings. The van der Waals surface area contributed by atoms with E-state index in [9.17, 15) is 17.6 Å². The first-order valence-electron chi connectivity index (χ1n) is 9.34. The number of anilines is 1. The molecule has 0 bridgehead atoms. The number of hydrogen-bond donors (Lipinski definition) is 2. The van der Waals surface area contributed by atoms with Gasteiger partial charge in [0.15, 0.2) is 0 Å². The van der Waals surface area contributed by atoms with E-state index in [4.69, 9.17) is 23.2 Å². The molecule has 32 heavy (non-hydrogen) atoms. The first-order valence-corrected chi connectivity index (χ1v) is 12.4. The molecule has 0 aliphatic carbocycles. The molecule has 1 aromatic carbocycles. The van der Waals surface area contributed by atoms with E-state index in [1.807, 2.05) is 6.20 Å². The van der Waals surface area contributed by atoms with Gasteiger partial charge in [0.25, 0.3) is 10.2 Å². The Morgan fingerprint density at radius 1 is 1.28 bits per heavy atom. The lowest BCUT2D eigenvalue weighted by atomic mass is 10.1. The van der Waals surface area contributed by atoms with Gasteiger partial charge in [0.1, 0.15) is 11.9 Å². The topological polar surface area (TPSA) is 96.3 Å². The van der Waals surface area contributed by atoms with Crippen molar-refractivity contribution < 1.29 is 17.6 Å². The number of nitrogens with zero attached hydrogens (tertiary/aromatic N) is 3. The monoisotopic (exact) mass is 517 g/mol. The smallest absolute Gasteiger partial charge is 0.280 e. The van der Waals surface area contributed by atoms with Crippen LogP contribution in [0.15, 0.2) is 36.7 Å². The number of nitrogens with one attached hydrogen (secondary N) is 2. The van der Waals surface area contributed by atoms with E-state index in [2.05, 4.69) is 15.1 Å². The molecule has 0 unspecified atom stereocenters. The van der Waals surface area contributed by atoms with Crippen LogP contribution >= 0.6 is 34.5 Å². The van der Waals surface area contributed by atoms with Crippen LogP contribution in [0.4, 0.5) is 10.1 Å². The largest absolute Gasteiger partial charge is 0.325 e. The third-order valence-electron chi connectivity index (χ3n) is 5.07. The maximum Gasteiger partial charge on any atom is 0.280 e. The number of hydrogen-bond acceptors (Lipinski definition) is 5. The van der Waals surface area contributed by atoms with E-state index < -0.39 is 34.0 Å². The Hall–Kier alpha value is -2.02. The highest BCUT2D eigenvalue weighted by Gasteiger charge is 2.41. The van der Waals surface area contributed by atoms with Gasteiger partial charge in [-0.15, -0.1) is 11.3 Å². The van der Waals surface area contributed by atoms with Gasteiger partial charge in [-0.3, -0.25) is 9.48 Å². The standard InChI is InChI=1S/C19H18Cl2FN5O3S2/c1-26-9-10(8-23-26)18-13(21)6-17(31-18)15-7-16(27(2)32(29,30)25-15)19(28)24-11-3-4-14(22)12(20)5-11/h3-6,8-9,15-16,25H,7H2,1-2H3,(H,24,28)/t15-,16+/m0/s1. The summed E-state index contributed by atoms with van der Waals surface area (Å²) in [4.78, 5) is 14.4. The summed E-state index contributed by atoms with van der Waals surface area (Å²) < 4.78 is 44.1. The fourth-order valence-corrected chi connectivity index (χ4v) is 6.41. The highest BCUT2D eigenvalue weighted by atomic mass is 35.5. The molecule has 1 aliphatic heterocycles. The van der Waals surface area contributed by atoms with Crippen molar-refractivity contribution in [3.8, 4) is 10.4 Å². The van der Waals surface area contributed by atoms with Crippen molar-refractivity contribution in [1.82, 2.24) is 18.8 Å². The fourth-order valence-electron chi connectivity index (χ4n) is 3.39. The summed E-state index contributed by atoms with van der Waals surface area (Å²) in [5, 5.41) is 7.06. The van der Waals surface area contributed by atoms with Gasteiger partial charge < -0.3 is 5.32 Å². The van der Waals surface area contributed by atoms with Gasteiger partial charge in [-0.2, -0.15) is 22.5 Å². The van der Waals surface area contributed by atoms with Crippen LogP contribution in [-0.4, -0.2) is 41.5 Å². The molecule has 2 N–H and O–H groups in total. The average Bonchev–Trinajstić information content (AvgIpc) is 3.32. The Labute approximate surface area is 198 Å². The van der Waals surface area contributed by atoms with Crippen molar-refractivity contribution in [2.75, 3.05) is 12.4 Å². The summed E-state index contributed by atoms with van der Waals surface area (Å²) in [5.74, 6) is -1.18. The van der Waals surface area contributed by atoms with Crippen LogP contribution in [0, 0.1) is 5.82 Å². The number of carbonyl (C=O) groups excluding carboxylic acids is 1.